The van der Waals surface area contributed by atoms with Crippen LogP contribution in [0.1, 0.15) is 5.56 Å². The molecule has 0 aliphatic carbocycles. The maximum absolute atomic E-state index is 10.8. The molecule has 0 bridgehead atoms. The molecule has 0 unspecified atom stereocenters. The molecule has 0 atom stereocenters. The monoisotopic (exact) mass is 614 g/mol. The van der Waals surface area contributed by atoms with Crippen LogP contribution >= 0.6 is 11.3 Å². The molecule has 0 fully saturated rings. The molecule has 0 spiro atoms. The molecule has 0 radical (unpaired) electrons. The zero-order chi connectivity index (χ0) is 31.2. The van der Waals surface area contributed by atoms with Crippen molar-refractivity contribution in [3.8, 4) is 17.4 Å². The lowest BCUT2D eigenvalue weighted by molar-refractivity contribution is 1.14. The summed E-state index contributed by atoms with van der Waals surface area (Å²) < 4.78 is 6.76. The van der Waals surface area contributed by atoms with Crippen molar-refractivity contribution in [2.75, 3.05) is 0 Å². The number of rotatable bonds is 2. The molecule has 10 aromatic rings. The maximum Gasteiger partial charge on any atom is 0.212 e. The van der Waals surface area contributed by atoms with E-state index in [1.54, 1.807) is 11.3 Å². The Morgan fingerprint density at radius 3 is 2.06 bits per heavy atom. The van der Waals surface area contributed by atoms with Gasteiger partial charge in [0.1, 0.15) is 6.07 Å². The second-order valence-corrected chi connectivity index (χ2v) is 13.0. The van der Waals surface area contributed by atoms with Crippen molar-refractivity contribution in [1.82, 2.24) is 9.13 Å². The van der Waals surface area contributed by atoms with E-state index in [1.165, 1.54) is 30.9 Å². The van der Waals surface area contributed by atoms with Crippen LogP contribution in [-0.4, -0.2) is 9.13 Å². The Hall–Kier alpha value is -6.40. The van der Waals surface area contributed by atoms with E-state index in [2.05, 4.69) is 129 Å². The van der Waals surface area contributed by atoms with Crippen LogP contribution < -0.4 is 0 Å². The van der Waals surface area contributed by atoms with Gasteiger partial charge in [0, 0.05) is 37.0 Å². The average molecular weight is 615 g/mol. The highest BCUT2D eigenvalue weighted by molar-refractivity contribution is 7.26. The fourth-order valence-corrected chi connectivity index (χ4v) is 8.83. The Morgan fingerprint density at radius 2 is 1.26 bits per heavy atom. The predicted octanol–water partition coefficient (Wildman–Crippen LogP) is 11.8. The van der Waals surface area contributed by atoms with Gasteiger partial charge >= 0.3 is 0 Å². The van der Waals surface area contributed by atoms with Crippen molar-refractivity contribution in [2.45, 2.75) is 0 Å². The van der Waals surface area contributed by atoms with Crippen LogP contribution in [0.3, 0.4) is 0 Å². The third-order valence-corrected chi connectivity index (χ3v) is 10.8. The maximum atomic E-state index is 10.8. The molecule has 0 saturated heterocycles. The Morgan fingerprint density at radius 1 is 0.574 bits per heavy atom. The second kappa shape index (κ2) is 9.55. The molecule has 4 nitrogen and oxygen atoms in total. The van der Waals surface area contributed by atoms with Crippen LogP contribution in [0.15, 0.2) is 133 Å². The van der Waals surface area contributed by atoms with Crippen molar-refractivity contribution >= 4 is 91.6 Å². The molecular formula is C42H22N4S. The Bertz CT molecular complexity index is 3050. The molecule has 10 rings (SSSR count). The predicted molar refractivity (Wildman–Crippen MR) is 196 cm³/mol. The van der Waals surface area contributed by atoms with E-state index in [1.807, 2.05) is 24.3 Å². The van der Waals surface area contributed by atoms with Crippen LogP contribution in [0.2, 0.25) is 0 Å². The summed E-state index contributed by atoms with van der Waals surface area (Å²) in [7, 11) is 0. The van der Waals surface area contributed by atoms with E-state index in [9.17, 15) is 5.26 Å². The molecule has 7 aromatic carbocycles. The standard InChI is InChI=1S/C42H22N4S/c1-44-33-23-37(46-34-15-7-4-12-28(34)30-19-20-31-29-13-6-9-17-39(29)47-42(31)41(30)46)26(24-43)22-38(33)45-35-16-8-5-14-32(35)40-27-11-3-2-10-25(27)18-21-36(40)45/h2-23H. The SMILES string of the molecule is [C-]#[N+]c1cc(-n2c3ccccc3c3ccc4c5ccccc5sc4c32)c(C#N)cc1-n1c2ccccc2c2c3ccccc3ccc21. The smallest absolute Gasteiger partial charge is 0.212 e. The van der Waals surface area contributed by atoms with Gasteiger partial charge in [0.15, 0.2) is 0 Å². The quantitative estimate of drug-likeness (QED) is 0.179. The van der Waals surface area contributed by atoms with Crippen molar-refractivity contribution in [2.24, 2.45) is 0 Å². The summed E-state index contributed by atoms with van der Waals surface area (Å²) in [5.41, 5.74) is 6.51. The van der Waals surface area contributed by atoms with E-state index >= 15 is 0 Å². The molecule has 0 aliphatic heterocycles. The minimum atomic E-state index is 0.490. The Labute approximate surface area is 273 Å². The minimum absolute atomic E-state index is 0.490. The summed E-state index contributed by atoms with van der Waals surface area (Å²) >= 11 is 1.78. The lowest BCUT2D eigenvalue weighted by Crippen LogP contribution is -2.01. The van der Waals surface area contributed by atoms with E-state index in [0.717, 1.165) is 43.6 Å². The third-order valence-electron chi connectivity index (χ3n) is 9.56. The molecule has 0 saturated carbocycles. The highest BCUT2D eigenvalue weighted by Gasteiger charge is 2.23. The third kappa shape index (κ3) is 3.44. The summed E-state index contributed by atoms with van der Waals surface area (Å²) in [6.45, 7) is 8.44. The first-order valence-electron chi connectivity index (χ1n) is 15.5. The first-order chi connectivity index (χ1) is 23.2. The summed E-state index contributed by atoms with van der Waals surface area (Å²) in [5.74, 6) is 0. The number of benzene rings is 7. The summed E-state index contributed by atoms with van der Waals surface area (Å²) in [6, 6.07) is 48.7. The van der Waals surface area contributed by atoms with Gasteiger partial charge in [-0.2, -0.15) is 5.26 Å². The van der Waals surface area contributed by atoms with Gasteiger partial charge in [-0.3, -0.25) is 0 Å². The minimum Gasteiger partial charge on any atom is -0.319 e. The topological polar surface area (TPSA) is 38.0 Å². The number of hydrogen-bond acceptors (Lipinski definition) is 2. The van der Waals surface area contributed by atoms with Crippen LogP contribution in [0.5, 0.6) is 0 Å². The molecule has 0 N–H and O–H groups in total. The van der Waals surface area contributed by atoms with Gasteiger partial charge in [-0.25, -0.2) is 4.85 Å². The first kappa shape index (κ1) is 25.9. The van der Waals surface area contributed by atoms with Crippen LogP contribution in [0, 0.1) is 17.9 Å². The van der Waals surface area contributed by atoms with E-state index in [0.29, 0.717) is 22.6 Å². The Balaban J connectivity index is 1.33. The van der Waals surface area contributed by atoms with Gasteiger partial charge in [-0.05, 0) is 47.2 Å². The first-order valence-corrected chi connectivity index (χ1v) is 16.3. The van der Waals surface area contributed by atoms with Gasteiger partial charge in [-0.1, -0.05) is 97.1 Å². The molecule has 216 valence electrons. The largest absolute Gasteiger partial charge is 0.319 e. The number of nitrogens with zero attached hydrogens (tertiary/aromatic N) is 4. The number of fused-ring (bicyclic) bond motifs is 12. The number of aromatic nitrogens is 2. The van der Waals surface area contributed by atoms with Crippen molar-refractivity contribution in [1.29, 1.82) is 5.26 Å². The molecule has 3 aromatic heterocycles. The van der Waals surface area contributed by atoms with Crippen molar-refractivity contribution in [3.63, 3.8) is 0 Å². The highest BCUT2D eigenvalue weighted by Crippen LogP contribution is 2.45. The fraction of sp³-hybridized carbons (Fsp3) is 0. The normalized spacial score (nSPS) is 11.8. The van der Waals surface area contributed by atoms with E-state index < -0.39 is 0 Å². The summed E-state index contributed by atoms with van der Waals surface area (Å²) in [5, 5.41) is 20.1. The molecule has 3 heterocycles. The van der Waals surface area contributed by atoms with Crippen molar-refractivity contribution in [3.05, 3.63) is 150 Å². The van der Waals surface area contributed by atoms with Crippen molar-refractivity contribution < 1.29 is 0 Å². The number of para-hydroxylation sites is 2. The van der Waals surface area contributed by atoms with Gasteiger partial charge in [0.25, 0.3) is 0 Å². The molecule has 5 heteroatoms. The van der Waals surface area contributed by atoms with Gasteiger partial charge in [-0.15, -0.1) is 11.3 Å². The second-order valence-electron chi connectivity index (χ2n) is 11.9. The average Bonchev–Trinajstić information content (AvgIpc) is 3.79. The molecule has 0 aliphatic rings. The zero-order valence-electron chi connectivity index (χ0n) is 24.9. The number of thiophene rings is 1. The molecule has 47 heavy (non-hydrogen) atoms. The molecule has 0 amide bonds. The van der Waals surface area contributed by atoms with Crippen LogP contribution in [0.4, 0.5) is 5.69 Å². The Kier molecular flexibility index (Phi) is 5.26. The zero-order valence-corrected chi connectivity index (χ0v) is 25.7. The lowest BCUT2D eigenvalue weighted by atomic mass is 10.0. The highest BCUT2D eigenvalue weighted by atomic mass is 32.1. The van der Waals surface area contributed by atoms with E-state index in [4.69, 9.17) is 6.57 Å². The number of nitriles is 1. The lowest BCUT2D eigenvalue weighted by Gasteiger charge is -2.16. The van der Waals surface area contributed by atoms with Crippen LogP contribution in [0.25, 0.3) is 90.8 Å². The van der Waals surface area contributed by atoms with Gasteiger partial charge < -0.3 is 9.13 Å². The molecular weight excluding hydrogens is 593 g/mol. The van der Waals surface area contributed by atoms with Gasteiger partial charge in [0.05, 0.1) is 50.3 Å². The van der Waals surface area contributed by atoms with Gasteiger partial charge in [0.2, 0.25) is 5.69 Å². The number of hydrogen-bond donors (Lipinski definition) is 0. The summed E-state index contributed by atoms with van der Waals surface area (Å²) in [6.07, 6.45) is 0. The van der Waals surface area contributed by atoms with E-state index in [-0.39, 0.29) is 0 Å². The van der Waals surface area contributed by atoms with Crippen LogP contribution in [-0.2, 0) is 0 Å². The summed E-state index contributed by atoms with van der Waals surface area (Å²) in [4.78, 5) is 4.11. The fourth-order valence-electron chi connectivity index (χ4n) is 7.59.